The second-order valence-electron chi connectivity index (χ2n) is 12.8. The molecule has 342 valence electrons. The number of unbranched alkanes of at least 4 members (excludes halogenated alkanes) is 4. The highest BCUT2D eigenvalue weighted by Crippen LogP contribution is 2.50. The molecule has 0 aliphatic carbocycles. The molecular weight excluding hydrogens is 882 g/mol. The van der Waals surface area contributed by atoms with Crippen molar-refractivity contribution < 1.29 is 109 Å². The first kappa shape index (κ1) is 50.5. The van der Waals surface area contributed by atoms with Crippen LogP contribution in [0.1, 0.15) is 73.1 Å². The summed E-state index contributed by atoms with van der Waals surface area (Å²) in [7, 11) is 0. The Morgan fingerprint density at radius 1 is 0.435 bits per heavy atom. The Balaban J connectivity index is 2.19. The summed E-state index contributed by atoms with van der Waals surface area (Å²) < 4.78 is 219. The summed E-state index contributed by atoms with van der Waals surface area (Å²) in [5, 5.41) is 0. The number of carbonyl (C=O) groups is 4. The van der Waals surface area contributed by atoms with Crippen LogP contribution in [0.2, 0.25) is 0 Å². The molecule has 3 rings (SSSR count). The molecule has 0 saturated carbocycles. The van der Waals surface area contributed by atoms with Gasteiger partial charge >= 0.3 is 59.9 Å². The standard InChI is InChI=1S/C38H32F14O10/c1-3-5-7-17-57-23-13-9-21(10-14-23)29(53)59-25-19-28(62-32(56)34(41,42)36(45,46)38(50,51)52)26(20-27(25)61-31(55)33(39,40)35(43,44)37(47,48)49)60-30(54)22-11-15-24(16-12-22)58-18-8-6-4-2/h9-16,19-20H,3-8,17-18H2,1-2H3. The van der Waals surface area contributed by atoms with Crippen LogP contribution in [-0.4, -0.2) is 73.1 Å². The summed E-state index contributed by atoms with van der Waals surface area (Å²) in [4.78, 5) is 50.8. The number of hydrogen-bond donors (Lipinski definition) is 0. The second kappa shape index (κ2) is 19.9. The lowest BCUT2D eigenvalue weighted by Crippen LogP contribution is -2.57. The molecular formula is C38H32F14O10. The van der Waals surface area contributed by atoms with E-state index < -0.39 is 94.0 Å². The van der Waals surface area contributed by atoms with Crippen molar-refractivity contribution in [3.8, 4) is 34.5 Å². The van der Waals surface area contributed by atoms with Gasteiger partial charge < -0.3 is 28.4 Å². The maximum Gasteiger partial charge on any atom is 0.460 e. The fraction of sp³-hybridized carbons (Fsp3) is 0.421. The zero-order valence-electron chi connectivity index (χ0n) is 31.8. The fourth-order valence-electron chi connectivity index (χ4n) is 4.56. The van der Waals surface area contributed by atoms with Crippen LogP contribution in [0.25, 0.3) is 0 Å². The van der Waals surface area contributed by atoms with Crippen molar-refractivity contribution in [1.29, 1.82) is 0 Å². The molecule has 0 saturated heterocycles. The van der Waals surface area contributed by atoms with Crippen LogP contribution in [0.4, 0.5) is 61.5 Å². The number of ether oxygens (including phenoxy) is 6. The highest BCUT2D eigenvalue weighted by atomic mass is 19.4. The van der Waals surface area contributed by atoms with E-state index in [2.05, 4.69) is 9.47 Å². The quantitative estimate of drug-likeness (QED) is 0.0468. The van der Waals surface area contributed by atoms with E-state index in [-0.39, 0.29) is 36.8 Å². The van der Waals surface area contributed by atoms with Crippen molar-refractivity contribution in [3.63, 3.8) is 0 Å². The van der Waals surface area contributed by atoms with Crippen molar-refractivity contribution in [1.82, 2.24) is 0 Å². The third-order valence-corrected chi connectivity index (χ3v) is 8.05. The van der Waals surface area contributed by atoms with Crippen LogP contribution in [0.5, 0.6) is 34.5 Å². The summed E-state index contributed by atoms with van der Waals surface area (Å²) in [6, 6.07) is 7.83. The minimum Gasteiger partial charge on any atom is -0.494 e. The van der Waals surface area contributed by atoms with Crippen LogP contribution >= 0.6 is 0 Å². The van der Waals surface area contributed by atoms with Gasteiger partial charge in [0.25, 0.3) is 0 Å². The molecule has 0 aliphatic rings. The minimum atomic E-state index is -7.18. The van der Waals surface area contributed by atoms with E-state index in [1.165, 1.54) is 0 Å². The van der Waals surface area contributed by atoms with Crippen LogP contribution in [0.3, 0.4) is 0 Å². The normalized spacial score (nSPS) is 12.6. The SMILES string of the molecule is CCCCCOc1ccc(C(=O)Oc2cc(OC(=O)C(F)(F)C(F)(F)C(F)(F)F)c(OC(=O)c3ccc(OCCCCC)cc3)cc2OC(=O)C(F)(F)C(F)(F)C(F)(F)F)cc1. The third kappa shape index (κ3) is 11.7. The molecule has 10 nitrogen and oxygen atoms in total. The van der Waals surface area contributed by atoms with Gasteiger partial charge in [0.1, 0.15) is 11.5 Å². The Kier molecular flexibility index (Phi) is 16.2. The summed E-state index contributed by atoms with van der Waals surface area (Å²) in [5.74, 6) is -46.0. The van der Waals surface area contributed by atoms with E-state index in [1.54, 1.807) is 0 Å². The maximum atomic E-state index is 14.4. The molecule has 0 heterocycles. The Hall–Kier alpha value is -5.84. The van der Waals surface area contributed by atoms with Crippen molar-refractivity contribution in [3.05, 3.63) is 71.8 Å². The molecule has 62 heavy (non-hydrogen) atoms. The van der Waals surface area contributed by atoms with Gasteiger partial charge in [-0.15, -0.1) is 0 Å². The molecule has 0 radical (unpaired) electrons. The van der Waals surface area contributed by atoms with Gasteiger partial charge in [0.05, 0.1) is 24.3 Å². The summed E-state index contributed by atoms with van der Waals surface area (Å²) in [5.41, 5.74) is -1.14. The van der Waals surface area contributed by atoms with E-state index >= 15 is 0 Å². The van der Waals surface area contributed by atoms with Crippen LogP contribution in [-0.2, 0) is 9.59 Å². The van der Waals surface area contributed by atoms with Crippen LogP contribution in [0.15, 0.2) is 60.7 Å². The Morgan fingerprint density at radius 2 is 0.726 bits per heavy atom. The topological polar surface area (TPSA) is 124 Å². The van der Waals surface area contributed by atoms with Crippen molar-refractivity contribution >= 4 is 23.9 Å². The molecule has 0 bridgehead atoms. The lowest BCUT2D eigenvalue weighted by atomic mass is 10.1. The van der Waals surface area contributed by atoms with E-state index in [0.717, 1.165) is 74.2 Å². The average molecular weight is 915 g/mol. The number of hydrogen-bond acceptors (Lipinski definition) is 10. The number of carbonyl (C=O) groups excluding carboxylic acids is 4. The highest BCUT2D eigenvalue weighted by Gasteiger charge is 2.78. The molecule has 24 heteroatoms. The zero-order valence-corrected chi connectivity index (χ0v) is 31.8. The molecule has 0 fully saturated rings. The van der Waals surface area contributed by atoms with Gasteiger partial charge in [0.15, 0.2) is 23.0 Å². The van der Waals surface area contributed by atoms with Gasteiger partial charge in [-0.25, -0.2) is 19.2 Å². The van der Waals surface area contributed by atoms with Gasteiger partial charge in [-0.05, 0) is 61.4 Å². The Bertz CT molecular complexity index is 1890. The first-order valence-corrected chi connectivity index (χ1v) is 17.8. The molecule has 0 unspecified atom stereocenters. The van der Waals surface area contributed by atoms with Gasteiger partial charge in [-0.1, -0.05) is 39.5 Å². The number of rotatable bonds is 20. The minimum absolute atomic E-state index is 0.145. The van der Waals surface area contributed by atoms with Crippen molar-refractivity contribution in [2.45, 2.75) is 88.4 Å². The number of benzene rings is 3. The smallest absolute Gasteiger partial charge is 0.460 e. The number of halogens is 14. The third-order valence-electron chi connectivity index (χ3n) is 8.05. The van der Waals surface area contributed by atoms with Crippen LogP contribution in [0, 0.1) is 0 Å². The second-order valence-corrected chi connectivity index (χ2v) is 12.8. The summed E-state index contributed by atoms with van der Waals surface area (Å²) >= 11 is 0. The monoisotopic (exact) mass is 914 g/mol. The molecule has 3 aromatic carbocycles. The number of alkyl halides is 14. The zero-order chi connectivity index (χ0) is 46.9. The Morgan fingerprint density at radius 3 is 1.00 bits per heavy atom. The highest BCUT2D eigenvalue weighted by molar-refractivity contribution is 5.94. The predicted molar refractivity (Wildman–Crippen MR) is 182 cm³/mol. The van der Waals surface area contributed by atoms with Crippen molar-refractivity contribution in [2.24, 2.45) is 0 Å². The first-order chi connectivity index (χ1) is 28.6. The largest absolute Gasteiger partial charge is 0.494 e. The lowest BCUT2D eigenvalue weighted by Gasteiger charge is -2.27. The average Bonchev–Trinajstić information content (AvgIpc) is 3.18. The van der Waals surface area contributed by atoms with Gasteiger partial charge in [-0.3, -0.25) is 0 Å². The maximum absolute atomic E-state index is 14.4. The molecule has 0 amide bonds. The van der Waals surface area contributed by atoms with Gasteiger partial charge in [-0.2, -0.15) is 61.5 Å². The van der Waals surface area contributed by atoms with Gasteiger partial charge in [0.2, 0.25) is 0 Å². The first-order valence-electron chi connectivity index (χ1n) is 17.8. The van der Waals surface area contributed by atoms with E-state index in [4.69, 9.17) is 18.9 Å². The van der Waals surface area contributed by atoms with E-state index in [0.29, 0.717) is 12.8 Å². The fourth-order valence-corrected chi connectivity index (χ4v) is 4.56. The van der Waals surface area contributed by atoms with E-state index in [9.17, 15) is 80.6 Å². The number of esters is 4. The molecule has 0 aliphatic heterocycles. The summed E-state index contributed by atoms with van der Waals surface area (Å²) in [6.45, 7) is 4.21. The summed E-state index contributed by atoms with van der Waals surface area (Å²) in [6.07, 6.45) is -9.85. The molecule has 0 N–H and O–H groups in total. The lowest BCUT2D eigenvalue weighted by molar-refractivity contribution is -0.347. The van der Waals surface area contributed by atoms with Gasteiger partial charge in [0, 0.05) is 12.1 Å². The molecule has 3 aromatic rings. The molecule has 0 atom stereocenters. The predicted octanol–water partition coefficient (Wildman–Crippen LogP) is 10.7. The van der Waals surface area contributed by atoms with Crippen LogP contribution < -0.4 is 28.4 Å². The van der Waals surface area contributed by atoms with Crippen molar-refractivity contribution in [2.75, 3.05) is 13.2 Å². The van der Waals surface area contributed by atoms with E-state index in [1.807, 2.05) is 13.8 Å². The Labute approximate surface area is 340 Å². The molecule has 0 aromatic heterocycles. The molecule has 0 spiro atoms.